The van der Waals surface area contributed by atoms with E-state index in [0.717, 1.165) is 5.56 Å². The average molecular weight is 221 g/mol. The van der Waals surface area contributed by atoms with Crippen LogP contribution >= 0.6 is 0 Å². The molecule has 0 saturated heterocycles. The van der Waals surface area contributed by atoms with E-state index in [4.69, 9.17) is 10.5 Å². The normalized spacial score (nSPS) is 14.2. The lowest BCUT2D eigenvalue weighted by molar-refractivity contribution is -0.151. The predicted molar refractivity (Wildman–Crippen MR) is 64.1 cm³/mol. The highest BCUT2D eigenvalue weighted by Gasteiger charge is 2.33. The van der Waals surface area contributed by atoms with E-state index in [9.17, 15) is 4.79 Å². The van der Waals surface area contributed by atoms with Crippen LogP contribution in [0.4, 0.5) is 0 Å². The SMILES string of the molecule is COC(=O)C(C)(CN)Cc1ccccc1C. The van der Waals surface area contributed by atoms with Crippen molar-refractivity contribution in [3.63, 3.8) is 0 Å². The van der Waals surface area contributed by atoms with Crippen molar-refractivity contribution in [3.8, 4) is 0 Å². The molecule has 0 fully saturated rings. The van der Waals surface area contributed by atoms with Gasteiger partial charge in [0, 0.05) is 6.54 Å². The zero-order valence-electron chi connectivity index (χ0n) is 10.1. The standard InChI is InChI=1S/C13H19NO2/c1-10-6-4-5-7-11(10)8-13(2,9-14)12(15)16-3/h4-7H,8-9,14H2,1-3H3. The zero-order valence-corrected chi connectivity index (χ0v) is 10.1. The molecular weight excluding hydrogens is 202 g/mol. The van der Waals surface area contributed by atoms with Gasteiger partial charge < -0.3 is 10.5 Å². The molecule has 1 atom stereocenters. The van der Waals surface area contributed by atoms with Gasteiger partial charge in [0.05, 0.1) is 12.5 Å². The molecule has 0 aliphatic rings. The van der Waals surface area contributed by atoms with E-state index in [0.29, 0.717) is 6.42 Å². The summed E-state index contributed by atoms with van der Waals surface area (Å²) >= 11 is 0. The Hall–Kier alpha value is -1.35. The largest absolute Gasteiger partial charge is 0.469 e. The maximum atomic E-state index is 11.7. The molecule has 3 heteroatoms. The summed E-state index contributed by atoms with van der Waals surface area (Å²) < 4.78 is 4.80. The van der Waals surface area contributed by atoms with Gasteiger partial charge in [-0.25, -0.2) is 0 Å². The Morgan fingerprint density at radius 3 is 2.56 bits per heavy atom. The van der Waals surface area contributed by atoms with E-state index in [1.807, 2.05) is 38.1 Å². The molecule has 16 heavy (non-hydrogen) atoms. The molecule has 0 radical (unpaired) electrons. The van der Waals surface area contributed by atoms with Crippen molar-refractivity contribution in [2.45, 2.75) is 20.3 Å². The molecule has 1 unspecified atom stereocenters. The maximum absolute atomic E-state index is 11.7. The lowest BCUT2D eigenvalue weighted by atomic mass is 9.82. The van der Waals surface area contributed by atoms with Crippen molar-refractivity contribution < 1.29 is 9.53 Å². The predicted octanol–water partition coefficient (Wildman–Crippen LogP) is 1.68. The molecule has 0 bridgehead atoms. The lowest BCUT2D eigenvalue weighted by Gasteiger charge is -2.25. The molecule has 1 aromatic rings. The van der Waals surface area contributed by atoms with Crippen LogP contribution in [0.15, 0.2) is 24.3 Å². The van der Waals surface area contributed by atoms with Gasteiger partial charge >= 0.3 is 5.97 Å². The van der Waals surface area contributed by atoms with E-state index >= 15 is 0 Å². The van der Waals surface area contributed by atoms with Gasteiger partial charge in [-0.15, -0.1) is 0 Å². The highest BCUT2D eigenvalue weighted by atomic mass is 16.5. The average Bonchev–Trinajstić information content (AvgIpc) is 2.31. The molecule has 0 heterocycles. The van der Waals surface area contributed by atoms with Crippen LogP contribution in [0.2, 0.25) is 0 Å². The van der Waals surface area contributed by atoms with Crippen LogP contribution in [-0.4, -0.2) is 19.6 Å². The van der Waals surface area contributed by atoms with Crippen molar-refractivity contribution in [2.75, 3.05) is 13.7 Å². The van der Waals surface area contributed by atoms with Crippen LogP contribution in [0.1, 0.15) is 18.1 Å². The Labute approximate surface area is 96.6 Å². The quantitative estimate of drug-likeness (QED) is 0.787. The van der Waals surface area contributed by atoms with Crippen LogP contribution < -0.4 is 5.73 Å². The number of hydrogen-bond acceptors (Lipinski definition) is 3. The zero-order chi connectivity index (χ0) is 12.2. The third-order valence-corrected chi connectivity index (χ3v) is 2.97. The highest BCUT2D eigenvalue weighted by Crippen LogP contribution is 2.24. The molecule has 3 nitrogen and oxygen atoms in total. The van der Waals surface area contributed by atoms with Crippen molar-refractivity contribution in [1.29, 1.82) is 0 Å². The van der Waals surface area contributed by atoms with Gasteiger partial charge in [0.1, 0.15) is 0 Å². The first-order valence-electron chi connectivity index (χ1n) is 5.36. The number of ether oxygens (including phenoxy) is 1. The van der Waals surface area contributed by atoms with Crippen molar-refractivity contribution in [2.24, 2.45) is 11.1 Å². The molecule has 0 spiro atoms. The topological polar surface area (TPSA) is 52.3 Å². The van der Waals surface area contributed by atoms with Crippen molar-refractivity contribution in [3.05, 3.63) is 35.4 Å². The van der Waals surface area contributed by atoms with Crippen LogP contribution in [0.3, 0.4) is 0 Å². The minimum Gasteiger partial charge on any atom is -0.469 e. The number of carbonyl (C=O) groups is 1. The van der Waals surface area contributed by atoms with Gasteiger partial charge in [-0.1, -0.05) is 24.3 Å². The molecule has 88 valence electrons. The maximum Gasteiger partial charge on any atom is 0.313 e. The molecule has 2 N–H and O–H groups in total. The third-order valence-electron chi connectivity index (χ3n) is 2.97. The number of esters is 1. The van der Waals surface area contributed by atoms with Crippen LogP contribution in [0, 0.1) is 12.3 Å². The van der Waals surface area contributed by atoms with Crippen LogP contribution in [-0.2, 0) is 16.0 Å². The monoisotopic (exact) mass is 221 g/mol. The Bertz CT molecular complexity index is 376. The molecule has 0 amide bonds. The summed E-state index contributed by atoms with van der Waals surface area (Å²) in [5, 5.41) is 0. The van der Waals surface area contributed by atoms with Crippen molar-refractivity contribution >= 4 is 5.97 Å². The lowest BCUT2D eigenvalue weighted by Crippen LogP contribution is -2.38. The minimum absolute atomic E-state index is 0.252. The first-order valence-corrected chi connectivity index (χ1v) is 5.36. The number of nitrogens with two attached hydrogens (primary N) is 1. The first-order chi connectivity index (χ1) is 7.53. The van der Waals surface area contributed by atoms with E-state index in [-0.39, 0.29) is 12.5 Å². The second-order valence-corrected chi connectivity index (χ2v) is 4.36. The van der Waals surface area contributed by atoms with Crippen molar-refractivity contribution in [1.82, 2.24) is 0 Å². The van der Waals surface area contributed by atoms with Gasteiger partial charge in [-0.2, -0.15) is 0 Å². The summed E-state index contributed by atoms with van der Waals surface area (Å²) in [6.45, 7) is 4.16. The fraction of sp³-hybridized carbons (Fsp3) is 0.462. The second kappa shape index (κ2) is 5.12. The third kappa shape index (κ3) is 2.61. The Balaban J connectivity index is 2.94. The molecular formula is C13H19NO2. The van der Waals surface area contributed by atoms with E-state index in [1.54, 1.807) is 0 Å². The fourth-order valence-corrected chi connectivity index (χ4v) is 1.70. The van der Waals surface area contributed by atoms with Gasteiger partial charge in [0.25, 0.3) is 0 Å². The number of benzene rings is 1. The number of rotatable bonds is 4. The smallest absolute Gasteiger partial charge is 0.313 e. The second-order valence-electron chi connectivity index (χ2n) is 4.36. The van der Waals surface area contributed by atoms with Gasteiger partial charge in [-0.05, 0) is 31.4 Å². The summed E-state index contributed by atoms with van der Waals surface area (Å²) in [5.74, 6) is -0.252. The molecule has 1 aromatic carbocycles. The number of methoxy groups -OCH3 is 1. The van der Waals surface area contributed by atoms with E-state index in [2.05, 4.69) is 0 Å². The molecule has 0 aliphatic heterocycles. The van der Waals surface area contributed by atoms with E-state index in [1.165, 1.54) is 12.7 Å². The molecule has 1 rings (SSSR count). The first kappa shape index (κ1) is 12.7. The molecule has 0 saturated carbocycles. The number of hydrogen-bond donors (Lipinski definition) is 1. The summed E-state index contributed by atoms with van der Waals surface area (Å²) in [5.41, 5.74) is 7.35. The molecule has 0 aliphatic carbocycles. The summed E-state index contributed by atoms with van der Waals surface area (Å²) in [7, 11) is 1.40. The Morgan fingerprint density at radius 2 is 2.06 bits per heavy atom. The summed E-state index contributed by atoms with van der Waals surface area (Å²) in [6.07, 6.45) is 0.614. The number of aryl methyl sites for hydroxylation is 1. The van der Waals surface area contributed by atoms with Gasteiger partial charge in [0.15, 0.2) is 0 Å². The summed E-state index contributed by atoms with van der Waals surface area (Å²) in [6, 6.07) is 8.00. The fourth-order valence-electron chi connectivity index (χ4n) is 1.70. The van der Waals surface area contributed by atoms with Crippen LogP contribution in [0.5, 0.6) is 0 Å². The summed E-state index contributed by atoms with van der Waals surface area (Å²) in [4.78, 5) is 11.7. The van der Waals surface area contributed by atoms with E-state index < -0.39 is 5.41 Å². The number of carbonyl (C=O) groups excluding carboxylic acids is 1. The Morgan fingerprint density at radius 1 is 1.44 bits per heavy atom. The Kier molecular flexibility index (Phi) is 4.07. The highest BCUT2D eigenvalue weighted by molar-refractivity contribution is 5.77. The minimum atomic E-state index is -0.638. The van der Waals surface area contributed by atoms with Crippen LogP contribution in [0.25, 0.3) is 0 Å². The molecule has 0 aromatic heterocycles. The van der Waals surface area contributed by atoms with Gasteiger partial charge in [-0.3, -0.25) is 4.79 Å². The van der Waals surface area contributed by atoms with Gasteiger partial charge in [0.2, 0.25) is 0 Å².